The van der Waals surface area contributed by atoms with Gasteiger partial charge in [-0.25, -0.2) is 13.4 Å². The lowest BCUT2D eigenvalue weighted by atomic mass is 9.96. The van der Waals surface area contributed by atoms with Gasteiger partial charge in [0.15, 0.2) is 19.7 Å². The van der Waals surface area contributed by atoms with E-state index in [9.17, 15) is 13.2 Å². The third-order valence-electron chi connectivity index (χ3n) is 3.78. The van der Waals surface area contributed by atoms with Gasteiger partial charge >= 0.3 is 0 Å². The summed E-state index contributed by atoms with van der Waals surface area (Å²) in [4.78, 5) is 16.9. The number of rotatable bonds is 3. The molecule has 0 bridgehead atoms. The molecule has 3 rings (SSSR count). The van der Waals surface area contributed by atoms with E-state index in [1.165, 1.54) is 11.3 Å². The summed E-state index contributed by atoms with van der Waals surface area (Å²) < 4.78 is 24.0. The number of carbonyl (C=O) groups is 1. The zero-order valence-electron chi connectivity index (χ0n) is 11.4. The average Bonchev–Trinajstić information content (AvgIpc) is 2.99. The van der Waals surface area contributed by atoms with Gasteiger partial charge in [-0.1, -0.05) is 11.3 Å². The molecule has 2 aromatic rings. The molecule has 6 nitrogen and oxygen atoms in total. The second-order valence-corrected chi connectivity index (χ2v) is 9.58. The Labute approximate surface area is 130 Å². The number of hydrogen-bond donors (Lipinski definition) is 2. The van der Waals surface area contributed by atoms with Crippen molar-refractivity contribution < 1.29 is 13.2 Å². The van der Waals surface area contributed by atoms with Crippen LogP contribution in [-0.4, -0.2) is 43.4 Å². The molecule has 0 aromatic carbocycles. The first-order valence-corrected chi connectivity index (χ1v) is 10.1. The van der Waals surface area contributed by atoms with Gasteiger partial charge < -0.3 is 10.6 Å². The number of hydrogen-bond acceptors (Lipinski definition) is 7. The van der Waals surface area contributed by atoms with Gasteiger partial charge in [0, 0.05) is 6.26 Å². The monoisotopic (exact) mass is 345 g/mol. The van der Waals surface area contributed by atoms with E-state index in [1.807, 2.05) is 11.4 Å². The highest BCUT2D eigenvalue weighted by Gasteiger charge is 2.48. The number of fused-ring (bicyclic) bond motifs is 1. The Morgan fingerprint density at radius 2 is 2.14 bits per heavy atom. The predicted octanol–water partition coefficient (Wildman–Crippen LogP) is 1.46. The highest BCUT2D eigenvalue weighted by molar-refractivity contribution is 7.92. The molecular weight excluding hydrogens is 330 g/mol. The van der Waals surface area contributed by atoms with Crippen molar-refractivity contribution in [1.82, 2.24) is 10.3 Å². The molecule has 0 unspecified atom stereocenters. The first-order chi connectivity index (χ1) is 9.92. The van der Waals surface area contributed by atoms with Gasteiger partial charge in [-0.05, 0) is 37.4 Å². The van der Waals surface area contributed by atoms with E-state index in [-0.39, 0.29) is 12.8 Å². The largest absolute Gasteiger partial charge is 0.317 e. The molecule has 3 heterocycles. The smallest absolute Gasteiger partial charge is 0.247 e. The van der Waals surface area contributed by atoms with Crippen LogP contribution in [0.3, 0.4) is 0 Å². The van der Waals surface area contributed by atoms with Crippen LogP contribution in [0.15, 0.2) is 11.4 Å². The molecule has 21 heavy (non-hydrogen) atoms. The summed E-state index contributed by atoms with van der Waals surface area (Å²) in [7, 11) is -3.50. The van der Waals surface area contributed by atoms with Gasteiger partial charge in [0.25, 0.3) is 0 Å². The topological polar surface area (TPSA) is 88.2 Å². The Bertz CT molecular complexity index is 743. The number of sulfone groups is 1. The fraction of sp³-hybridized carbons (Fsp3) is 0.500. The molecule has 1 fully saturated rings. The first-order valence-electron chi connectivity index (χ1n) is 6.48. The van der Waals surface area contributed by atoms with E-state index >= 15 is 0 Å². The molecule has 1 saturated heterocycles. The van der Waals surface area contributed by atoms with Crippen molar-refractivity contribution in [2.45, 2.75) is 17.6 Å². The van der Waals surface area contributed by atoms with E-state index in [4.69, 9.17) is 0 Å². The average molecular weight is 345 g/mol. The maximum atomic E-state index is 12.6. The molecule has 0 radical (unpaired) electrons. The second kappa shape index (κ2) is 5.31. The summed E-state index contributed by atoms with van der Waals surface area (Å²) >= 11 is 2.92. The van der Waals surface area contributed by atoms with Crippen LogP contribution in [-0.2, 0) is 14.6 Å². The van der Waals surface area contributed by atoms with Crippen LogP contribution >= 0.6 is 22.7 Å². The molecule has 0 spiro atoms. The van der Waals surface area contributed by atoms with E-state index in [0.717, 1.165) is 15.8 Å². The highest BCUT2D eigenvalue weighted by atomic mass is 32.2. The second-order valence-electron chi connectivity index (χ2n) is 5.08. The molecule has 1 amide bonds. The fourth-order valence-electron chi connectivity index (χ4n) is 2.53. The van der Waals surface area contributed by atoms with Gasteiger partial charge in [0.05, 0.1) is 5.52 Å². The third-order valence-corrected chi connectivity index (χ3v) is 7.81. The van der Waals surface area contributed by atoms with Gasteiger partial charge in [-0.15, -0.1) is 11.3 Å². The van der Waals surface area contributed by atoms with Crippen molar-refractivity contribution in [3.8, 4) is 0 Å². The third kappa shape index (κ3) is 2.59. The molecule has 0 aliphatic carbocycles. The van der Waals surface area contributed by atoms with Crippen LogP contribution in [0.1, 0.15) is 12.8 Å². The number of aromatic nitrogens is 1. The molecule has 2 N–H and O–H groups in total. The summed E-state index contributed by atoms with van der Waals surface area (Å²) in [5.41, 5.74) is 0.832. The standard InChI is InChI=1S/C12H15N3O3S3/c1-21(17,18)12(3-5-13-6-4-12)10(16)15-11-14-8-2-7-19-9(8)20-11/h2,7,13H,3-6H2,1H3,(H,14,15,16). The Balaban J connectivity index is 1.89. The Morgan fingerprint density at radius 1 is 1.43 bits per heavy atom. The van der Waals surface area contributed by atoms with E-state index < -0.39 is 20.5 Å². The van der Waals surface area contributed by atoms with Crippen molar-refractivity contribution in [2.75, 3.05) is 24.7 Å². The van der Waals surface area contributed by atoms with Crippen LogP contribution in [0.25, 0.3) is 9.53 Å². The Morgan fingerprint density at radius 3 is 2.76 bits per heavy atom. The summed E-state index contributed by atoms with van der Waals surface area (Å²) in [5.74, 6) is -0.465. The van der Waals surface area contributed by atoms with Crippen LogP contribution in [0, 0.1) is 0 Å². The lowest BCUT2D eigenvalue weighted by molar-refractivity contribution is -0.119. The molecule has 0 atom stereocenters. The molecule has 0 saturated carbocycles. The van der Waals surface area contributed by atoms with Crippen LogP contribution in [0.2, 0.25) is 0 Å². The van der Waals surface area contributed by atoms with E-state index in [1.54, 1.807) is 11.3 Å². The molecule has 1 aliphatic heterocycles. The van der Waals surface area contributed by atoms with Crippen LogP contribution < -0.4 is 10.6 Å². The quantitative estimate of drug-likeness (QED) is 0.879. The number of nitrogens with one attached hydrogen (secondary N) is 2. The Hall–Kier alpha value is -1.03. The number of carbonyl (C=O) groups excluding carboxylic acids is 1. The summed E-state index contributed by atoms with van der Waals surface area (Å²) in [6.45, 7) is 1.04. The summed E-state index contributed by atoms with van der Waals surface area (Å²) in [6, 6.07) is 1.88. The molecule has 2 aromatic heterocycles. The minimum Gasteiger partial charge on any atom is -0.317 e. The molecule has 114 valence electrons. The van der Waals surface area contributed by atoms with Gasteiger partial charge in [0.1, 0.15) is 4.01 Å². The highest BCUT2D eigenvalue weighted by Crippen LogP contribution is 2.33. The molecular formula is C12H15N3O3S3. The maximum absolute atomic E-state index is 12.6. The summed E-state index contributed by atoms with van der Waals surface area (Å²) in [5, 5.41) is 8.19. The lowest BCUT2D eigenvalue weighted by Gasteiger charge is -2.33. The zero-order valence-corrected chi connectivity index (χ0v) is 13.8. The number of amides is 1. The normalized spacial score (nSPS) is 18.7. The number of anilines is 1. The van der Waals surface area contributed by atoms with Crippen LogP contribution in [0.4, 0.5) is 5.13 Å². The van der Waals surface area contributed by atoms with Crippen LogP contribution in [0.5, 0.6) is 0 Å². The first kappa shape index (κ1) is 14.9. The zero-order chi connectivity index (χ0) is 15.1. The van der Waals surface area contributed by atoms with E-state index in [0.29, 0.717) is 18.2 Å². The minimum absolute atomic E-state index is 0.289. The number of piperidine rings is 1. The van der Waals surface area contributed by atoms with Gasteiger partial charge in [-0.3, -0.25) is 4.79 Å². The van der Waals surface area contributed by atoms with Crippen molar-refractivity contribution in [1.29, 1.82) is 0 Å². The van der Waals surface area contributed by atoms with Crippen molar-refractivity contribution in [3.63, 3.8) is 0 Å². The van der Waals surface area contributed by atoms with Crippen molar-refractivity contribution in [3.05, 3.63) is 11.4 Å². The van der Waals surface area contributed by atoms with Gasteiger partial charge in [0.2, 0.25) is 5.91 Å². The number of thiophene rings is 1. The molecule has 1 aliphatic rings. The van der Waals surface area contributed by atoms with Crippen molar-refractivity contribution >= 4 is 53.1 Å². The SMILES string of the molecule is CS(=O)(=O)C1(C(=O)Nc2nc3ccsc3s2)CCNCC1. The number of nitrogens with zero attached hydrogens (tertiary/aromatic N) is 1. The Kier molecular flexibility index (Phi) is 3.76. The number of thiazole rings is 1. The maximum Gasteiger partial charge on any atom is 0.247 e. The van der Waals surface area contributed by atoms with Crippen molar-refractivity contribution in [2.24, 2.45) is 0 Å². The predicted molar refractivity (Wildman–Crippen MR) is 85.8 cm³/mol. The minimum atomic E-state index is -3.50. The van der Waals surface area contributed by atoms with E-state index in [2.05, 4.69) is 15.6 Å². The summed E-state index contributed by atoms with van der Waals surface area (Å²) in [6.07, 6.45) is 1.72. The van der Waals surface area contributed by atoms with Gasteiger partial charge in [-0.2, -0.15) is 0 Å². The fourth-order valence-corrected chi connectivity index (χ4v) is 5.70. The molecule has 9 heteroatoms. The lowest BCUT2D eigenvalue weighted by Crippen LogP contribution is -2.55.